The van der Waals surface area contributed by atoms with E-state index in [1.54, 1.807) is 4.57 Å². The number of nitrogens with zero attached hydrogens (tertiary/aromatic N) is 1. The molecule has 1 aliphatic rings. The second-order valence-electron chi connectivity index (χ2n) is 5.54. The van der Waals surface area contributed by atoms with Crippen LogP contribution >= 0.6 is 0 Å². The second-order valence-corrected chi connectivity index (χ2v) is 6.97. The molecule has 2 heterocycles. The minimum Gasteiger partial charge on any atom is -0.465 e. The van der Waals surface area contributed by atoms with Crippen molar-refractivity contribution in [1.82, 2.24) is 4.57 Å². The Kier molecular flexibility index (Phi) is 4.28. The first-order chi connectivity index (χ1) is 11.5. The monoisotopic (exact) mass is 347 g/mol. The number of aromatic nitrogens is 1. The van der Waals surface area contributed by atoms with Gasteiger partial charge in [0.05, 0.1) is 37.1 Å². The van der Waals surface area contributed by atoms with E-state index in [-0.39, 0.29) is 22.8 Å². The molecule has 3 rings (SSSR count). The van der Waals surface area contributed by atoms with Crippen molar-refractivity contribution in [1.29, 1.82) is 0 Å². The Hall–Kier alpha value is -2.41. The molecule has 2 aromatic rings. The van der Waals surface area contributed by atoms with Gasteiger partial charge in [0.1, 0.15) is 5.56 Å². The summed E-state index contributed by atoms with van der Waals surface area (Å²) < 4.78 is 23.6. The van der Waals surface area contributed by atoms with Crippen LogP contribution in [0.3, 0.4) is 0 Å². The van der Waals surface area contributed by atoms with Gasteiger partial charge in [-0.3, -0.25) is 4.21 Å². The van der Waals surface area contributed by atoms with Crippen molar-refractivity contribution in [3.8, 4) is 11.3 Å². The number of rotatable bonds is 3. The Morgan fingerprint density at radius 1 is 1.12 bits per heavy atom. The minimum atomic E-state index is -1.13. The zero-order chi connectivity index (χ0) is 17.4. The van der Waals surface area contributed by atoms with Gasteiger partial charge in [-0.05, 0) is 18.6 Å². The highest BCUT2D eigenvalue weighted by Gasteiger charge is 2.36. The molecule has 0 N–H and O–H groups in total. The summed E-state index contributed by atoms with van der Waals surface area (Å²) >= 11 is 0. The SMILES string of the molecule is COC(=O)c1c(C(=O)OC)c(-c2cccc(C)c2)n2c1C[S@@](=O)C2. The minimum absolute atomic E-state index is 0.145. The van der Waals surface area contributed by atoms with Gasteiger partial charge >= 0.3 is 11.9 Å². The van der Waals surface area contributed by atoms with Gasteiger partial charge in [-0.2, -0.15) is 0 Å². The van der Waals surface area contributed by atoms with Gasteiger partial charge in [0.15, 0.2) is 0 Å². The molecule has 0 spiro atoms. The third kappa shape index (κ3) is 2.54. The normalized spacial score (nSPS) is 15.9. The number of benzene rings is 1. The van der Waals surface area contributed by atoms with E-state index >= 15 is 0 Å². The molecule has 1 aromatic heterocycles. The number of ether oxygens (including phenoxy) is 2. The highest BCUT2D eigenvalue weighted by atomic mass is 32.2. The smallest absolute Gasteiger partial charge is 0.340 e. The molecule has 6 nitrogen and oxygen atoms in total. The van der Waals surface area contributed by atoms with Gasteiger partial charge in [0.2, 0.25) is 0 Å². The van der Waals surface area contributed by atoms with Gasteiger partial charge in [-0.1, -0.05) is 23.8 Å². The van der Waals surface area contributed by atoms with Gasteiger partial charge < -0.3 is 14.0 Å². The number of fused-ring (bicyclic) bond motifs is 1. The molecule has 0 radical (unpaired) electrons. The fourth-order valence-electron chi connectivity index (χ4n) is 3.02. The molecule has 1 atom stereocenters. The van der Waals surface area contributed by atoms with Gasteiger partial charge in [-0.25, -0.2) is 9.59 Å². The molecule has 1 aliphatic heterocycles. The molecule has 0 saturated heterocycles. The summed E-state index contributed by atoms with van der Waals surface area (Å²) in [4.78, 5) is 24.7. The van der Waals surface area contributed by atoms with Gasteiger partial charge in [0.25, 0.3) is 0 Å². The summed E-state index contributed by atoms with van der Waals surface area (Å²) in [6.07, 6.45) is 0. The van der Waals surface area contributed by atoms with Crippen molar-refractivity contribution in [3.63, 3.8) is 0 Å². The molecular weight excluding hydrogens is 330 g/mol. The summed E-state index contributed by atoms with van der Waals surface area (Å²) in [6.45, 7) is 1.94. The number of hydrogen-bond acceptors (Lipinski definition) is 5. The zero-order valence-electron chi connectivity index (χ0n) is 13.6. The fourth-order valence-corrected chi connectivity index (χ4v) is 4.29. The van der Waals surface area contributed by atoms with E-state index in [1.165, 1.54) is 14.2 Å². The van der Waals surface area contributed by atoms with Crippen LogP contribution < -0.4 is 0 Å². The van der Waals surface area contributed by atoms with Crippen LogP contribution in [-0.4, -0.2) is 34.9 Å². The number of carbonyl (C=O) groups is 2. The Morgan fingerprint density at radius 3 is 2.42 bits per heavy atom. The van der Waals surface area contributed by atoms with Crippen LogP contribution in [0.5, 0.6) is 0 Å². The Morgan fingerprint density at radius 2 is 1.79 bits per heavy atom. The van der Waals surface area contributed by atoms with Crippen molar-refractivity contribution < 1.29 is 23.3 Å². The van der Waals surface area contributed by atoms with Crippen LogP contribution in [0.25, 0.3) is 11.3 Å². The predicted molar refractivity (Wildman–Crippen MR) is 89.1 cm³/mol. The van der Waals surface area contributed by atoms with Crippen molar-refractivity contribution in [3.05, 3.63) is 46.6 Å². The summed E-state index contributed by atoms with van der Waals surface area (Å²) in [5, 5.41) is 0. The molecule has 24 heavy (non-hydrogen) atoms. The van der Waals surface area contributed by atoms with E-state index in [0.717, 1.165) is 11.1 Å². The highest BCUT2D eigenvalue weighted by Crippen LogP contribution is 2.37. The number of hydrogen-bond donors (Lipinski definition) is 0. The second kappa shape index (κ2) is 6.24. The zero-order valence-corrected chi connectivity index (χ0v) is 14.4. The molecule has 1 aromatic carbocycles. The van der Waals surface area contributed by atoms with Crippen LogP contribution in [0.15, 0.2) is 24.3 Å². The molecule has 126 valence electrons. The average Bonchev–Trinajstić information content (AvgIpc) is 3.07. The van der Waals surface area contributed by atoms with E-state index in [1.807, 2.05) is 31.2 Å². The molecule has 0 unspecified atom stereocenters. The summed E-state index contributed by atoms with van der Waals surface area (Å²) in [5.41, 5.74) is 3.19. The lowest BCUT2D eigenvalue weighted by Crippen LogP contribution is -2.12. The summed E-state index contributed by atoms with van der Waals surface area (Å²) in [7, 11) is 1.40. The van der Waals surface area contributed by atoms with E-state index in [9.17, 15) is 13.8 Å². The van der Waals surface area contributed by atoms with E-state index < -0.39 is 22.7 Å². The van der Waals surface area contributed by atoms with E-state index in [0.29, 0.717) is 11.4 Å². The Labute approximate surface area is 141 Å². The van der Waals surface area contributed by atoms with Crippen molar-refractivity contribution in [2.75, 3.05) is 14.2 Å². The largest absolute Gasteiger partial charge is 0.465 e. The molecule has 0 fully saturated rings. The maximum absolute atomic E-state index is 12.4. The van der Waals surface area contributed by atoms with Crippen LogP contribution in [-0.2, 0) is 31.9 Å². The lowest BCUT2D eigenvalue weighted by atomic mass is 10.0. The third-order valence-corrected chi connectivity index (χ3v) is 5.15. The van der Waals surface area contributed by atoms with Crippen LogP contribution in [0.2, 0.25) is 0 Å². The lowest BCUT2D eigenvalue weighted by Gasteiger charge is -2.09. The standard InChI is InChI=1S/C17H17NO5S/c1-10-5-4-6-11(7-10)15-14(17(20)23-3)13(16(19)22-2)12-8-24(21)9-18(12)15/h4-7H,8-9H2,1-3H3/t24-/m1/s1. The average molecular weight is 347 g/mol. The van der Waals surface area contributed by atoms with E-state index in [2.05, 4.69) is 0 Å². The van der Waals surface area contributed by atoms with Crippen LogP contribution in [0.1, 0.15) is 32.0 Å². The topological polar surface area (TPSA) is 74.6 Å². The maximum atomic E-state index is 12.4. The first-order valence-corrected chi connectivity index (χ1v) is 8.80. The number of methoxy groups -OCH3 is 2. The fraction of sp³-hybridized carbons (Fsp3) is 0.294. The maximum Gasteiger partial charge on any atom is 0.340 e. The highest BCUT2D eigenvalue weighted by molar-refractivity contribution is 7.83. The molecule has 7 heteroatoms. The van der Waals surface area contributed by atoms with Gasteiger partial charge in [-0.15, -0.1) is 0 Å². The number of aryl methyl sites for hydroxylation is 1. The Balaban J connectivity index is 2.37. The first-order valence-electron chi connectivity index (χ1n) is 7.32. The lowest BCUT2D eigenvalue weighted by molar-refractivity contribution is 0.0556. The molecular formula is C17H17NO5S. The van der Waals surface area contributed by atoms with Crippen LogP contribution in [0, 0.1) is 6.92 Å². The number of esters is 2. The van der Waals surface area contributed by atoms with E-state index in [4.69, 9.17) is 9.47 Å². The number of carbonyl (C=O) groups excluding carboxylic acids is 2. The molecule has 0 saturated carbocycles. The van der Waals surface area contributed by atoms with Crippen LogP contribution in [0.4, 0.5) is 0 Å². The predicted octanol–water partition coefficient (Wildman–Crippen LogP) is 2.26. The Bertz CT molecular complexity index is 868. The van der Waals surface area contributed by atoms with Crippen molar-refractivity contribution >= 4 is 22.7 Å². The molecule has 0 amide bonds. The van der Waals surface area contributed by atoms with Gasteiger partial charge in [0, 0.05) is 16.5 Å². The molecule has 0 aliphatic carbocycles. The molecule has 0 bridgehead atoms. The quantitative estimate of drug-likeness (QED) is 0.796. The first kappa shape index (κ1) is 16.4. The van der Waals surface area contributed by atoms with Crippen molar-refractivity contribution in [2.24, 2.45) is 0 Å². The summed E-state index contributed by atoms with van der Waals surface area (Å²) in [6, 6.07) is 7.58. The summed E-state index contributed by atoms with van der Waals surface area (Å²) in [5.74, 6) is -0.795. The third-order valence-electron chi connectivity index (χ3n) is 4.01. The van der Waals surface area contributed by atoms with Crippen molar-refractivity contribution in [2.45, 2.75) is 18.6 Å².